The number of likely N-dealkylation sites (tertiary alicyclic amines) is 1. The first-order valence-corrected chi connectivity index (χ1v) is 9.24. The molecule has 1 fully saturated rings. The largest absolute Gasteiger partial charge is 0.368 e. The molecule has 1 amide bonds. The van der Waals surface area contributed by atoms with Crippen molar-refractivity contribution in [1.82, 2.24) is 24.6 Å². The van der Waals surface area contributed by atoms with Gasteiger partial charge in [-0.2, -0.15) is 10.1 Å². The van der Waals surface area contributed by atoms with Crippen LogP contribution in [0.25, 0.3) is 4.85 Å². The third-order valence-corrected chi connectivity index (χ3v) is 4.60. The molecule has 154 valence electrons. The molecule has 0 unspecified atom stereocenters. The van der Waals surface area contributed by atoms with Crippen LogP contribution in [-0.4, -0.2) is 62.7 Å². The monoisotopic (exact) mass is 404 g/mol. The van der Waals surface area contributed by atoms with E-state index in [4.69, 9.17) is 6.57 Å². The molecule has 0 spiro atoms. The number of rotatable bonds is 8. The predicted molar refractivity (Wildman–Crippen MR) is 103 cm³/mol. The molecule has 0 saturated carbocycles. The average molecular weight is 404 g/mol. The van der Waals surface area contributed by atoms with Gasteiger partial charge in [0, 0.05) is 37.1 Å². The topological polar surface area (TPSA) is 92.3 Å². The first kappa shape index (κ1) is 20.4. The first-order valence-electron chi connectivity index (χ1n) is 9.24. The lowest BCUT2D eigenvalue weighted by Crippen LogP contribution is -2.40. The highest BCUT2D eigenvalue weighted by Gasteiger charge is 2.29. The van der Waals surface area contributed by atoms with Crippen molar-refractivity contribution in [3.8, 4) is 0 Å². The number of halogens is 2. The highest BCUT2D eigenvalue weighted by Crippen LogP contribution is 2.20. The third kappa shape index (κ3) is 5.37. The van der Waals surface area contributed by atoms with Crippen molar-refractivity contribution < 1.29 is 13.6 Å². The predicted octanol–water partition coefficient (Wildman–Crippen LogP) is 2.31. The summed E-state index contributed by atoms with van der Waals surface area (Å²) >= 11 is 0. The number of aryl methyl sites for hydroxylation is 1. The number of anilines is 3. The highest BCUT2D eigenvalue weighted by atomic mass is 19.3. The van der Waals surface area contributed by atoms with Gasteiger partial charge in [0.1, 0.15) is 12.4 Å². The molecule has 2 aromatic rings. The fraction of sp³-hybridized carbons (Fsp3) is 0.500. The molecule has 0 bridgehead atoms. The number of hydrogen-bond acceptors (Lipinski definition) is 6. The van der Waals surface area contributed by atoms with Crippen LogP contribution in [0.5, 0.6) is 0 Å². The maximum atomic E-state index is 12.4. The smallest absolute Gasteiger partial charge is 0.303 e. The van der Waals surface area contributed by atoms with Gasteiger partial charge in [0.2, 0.25) is 5.95 Å². The molecule has 3 heterocycles. The molecule has 3 rings (SSSR count). The van der Waals surface area contributed by atoms with Gasteiger partial charge in [-0.3, -0.25) is 9.48 Å². The van der Waals surface area contributed by atoms with E-state index in [2.05, 4.69) is 30.5 Å². The molecule has 2 N–H and O–H groups in total. The SMILES string of the molecule is [C-]#[N+]CC(=O)N1CCC[C@H]1CNc1nc(Nc2cnn(CC(F)F)c2)ncc1C. The highest BCUT2D eigenvalue weighted by molar-refractivity contribution is 5.80. The lowest BCUT2D eigenvalue weighted by molar-refractivity contribution is -0.129. The normalized spacial score (nSPS) is 16.1. The molecule has 1 aliphatic heterocycles. The zero-order valence-corrected chi connectivity index (χ0v) is 16.0. The van der Waals surface area contributed by atoms with Gasteiger partial charge in [-0.1, -0.05) is 0 Å². The van der Waals surface area contributed by atoms with Crippen molar-refractivity contribution in [2.75, 3.05) is 30.3 Å². The van der Waals surface area contributed by atoms with Crippen LogP contribution in [0.2, 0.25) is 0 Å². The van der Waals surface area contributed by atoms with E-state index in [-0.39, 0.29) is 18.5 Å². The van der Waals surface area contributed by atoms with E-state index in [1.165, 1.54) is 12.4 Å². The summed E-state index contributed by atoms with van der Waals surface area (Å²) in [5.74, 6) is 0.779. The van der Waals surface area contributed by atoms with Gasteiger partial charge in [0.05, 0.1) is 11.9 Å². The number of carbonyl (C=O) groups excluding carboxylic acids is 1. The van der Waals surface area contributed by atoms with E-state index >= 15 is 0 Å². The van der Waals surface area contributed by atoms with Crippen LogP contribution >= 0.6 is 0 Å². The van der Waals surface area contributed by atoms with Gasteiger partial charge >= 0.3 is 5.91 Å². The Morgan fingerprint density at radius 3 is 3.03 bits per heavy atom. The van der Waals surface area contributed by atoms with E-state index in [9.17, 15) is 13.6 Å². The van der Waals surface area contributed by atoms with Gasteiger partial charge in [-0.05, 0) is 19.8 Å². The van der Waals surface area contributed by atoms with Crippen molar-refractivity contribution in [2.45, 2.75) is 38.8 Å². The van der Waals surface area contributed by atoms with Crippen LogP contribution in [0.1, 0.15) is 18.4 Å². The van der Waals surface area contributed by atoms with Crippen LogP contribution in [0.4, 0.5) is 26.2 Å². The summed E-state index contributed by atoms with van der Waals surface area (Å²) in [5.41, 5.74) is 1.34. The van der Waals surface area contributed by atoms with E-state index in [0.717, 1.165) is 23.1 Å². The van der Waals surface area contributed by atoms with E-state index in [1.807, 2.05) is 6.92 Å². The molecule has 9 nitrogen and oxygen atoms in total. The molecule has 0 aromatic carbocycles. The Labute approximate surface area is 166 Å². The van der Waals surface area contributed by atoms with E-state index in [1.54, 1.807) is 11.1 Å². The van der Waals surface area contributed by atoms with E-state index in [0.29, 0.717) is 30.5 Å². The molecule has 1 aliphatic rings. The zero-order chi connectivity index (χ0) is 20.8. The maximum Gasteiger partial charge on any atom is 0.303 e. The number of nitrogens with one attached hydrogen (secondary N) is 2. The second kappa shape index (κ2) is 9.27. The Hall–Kier alpha value is -3.29. The van der Waals surface area contributed by atoms with Crippen LogP contribution in [-0.2, 0) is 11.3 Å². The Morgan fingerprint density at radius 1 is 1.45 bits per heavy atom. The first-order chi connectivity index (χ1) is 14.0. The lowest BCUT2D eigenvalue weighted by Gasteiger charge is -2.23. The number of carbonyl (C=O) groups is 1. The third-order valence-electron chi connectivity index (χ3n) is 4.60. The minimum Gasteiger partial charge on any atom is -0.368 e. The number of amides is 1. The molecule has 29 heavy (non-hydrogen) atoms. The summed E-state index contributed by atoms with van der Waals surface area (Å²) in [6.07, 6.45) is 3.84. The molecular formula is C18H22F2N8O. The fourth-order valence-electron chi connectivity index (χ4n) is 3.23. The maximum absolute atomic E-state index is 12.4. The summed E-state index contributed by atoms with van der Waals surface area (Å²) in [7, 11) is 0. The summed E-state index contributed by atoms with van der Waals surface area (Å²) in [6.45, 7) is 9.32. The lowest BCUT2D eigenvalue weighted by atomic mass is 10.2. The van der Waals surface area contributed by atoms with Gasteiger partial charge < -0.3 is 20.4 Å². The van der Waals surface area contributed by atoms with Crippen LogP contribution in [0, 0.1) is 13.5 Å². The second-order valence-corrected chi connectivity index (χ2v) is 6.77. The van der Waals surface area contributed by atoms with Crippen LogP contribution < -0.4 is 10.6 Å². The second-order valence-electron chi connectivity index (χ2n) is 6.77. The minimum atomic E-state index is -2.48. The number of alkyl halides is 2. The Balaban J connectivity index is 1.62. The van der Waals surface area contributed by atoms with Crippen molar-refractivity contribution in [2.24, 2.45) is 0 Å². The van der Waals surface area contributed by atoms with Crippen molar-refractivity contribution in [3.05, 3.63) is 35.6 Å². The Morgan fingerprint density at radius 2 is 2.28 bits per heavy atom. The number of nitrogens with zero attached hydrogens (tertiary/aromatic N) is 6. The van der Waals surface area contributed by atoms with Crippen molar-refractivity contribution in [1.29, 1.82) is 0 Å². The molecular weight excluding hydrogens is 382 g/mol. The summed E-state index contributed by atoms with van der Waals surface area (Å²) < 4.78 is 26.0. The Bertz CT molecular complexity index is 894. The van der Waals surface area contributed by atoms with Gasteiger partial charge in [0.25, 0.3) is 13.0 Å². The van der Waals surface area contributed by atoms with Gasteiger partial charge in [-0.15, -0.1) is 0 Å². The number of aromatic nitrogens is 4. The minimum absolute atomic E-state index is 0.0163. The fourth-order valence-corrected chi connectivity index (χ4v) is 3.23. The summed E-state index contributed by atoms with van der Waals surface area (Å²) in [4.78, 5) is 25.6. The summed E-state index contributed by atoms with van der Waals surface area (Å²) in [5, 5.41) is 10.1. The Kier molecular flexibility index (Phi) is 6.54. The van der Waals surface area contributed by atoms with Crippen LogP contribution in [0.3, 0.4) is 0 Å². The van der Waals surface area contributed by atoms with Gasteiger partial charge in [-0.25, -0.2) is 20.3 Å². The molecule has 2 aromatic heterocycles. The molecule has 1 saturated heterocycles. The van der Waals surface area contributed by atoms with Gasteiger partial charge in [0.15, 0.2) is 0 Å². The van der Waals surface area contributed by atoms with E-state index < -0.39 is 13.0 Å². The molecule has 0 aliphatic carbocycles. The summed E-state index contributed by atoms with van der Waals surface area (Å²) in [6, 6.07) is 0.0163. The van der Waals surface area contributed by atoms with Crippen LogP contribution in [0.15, 0.2) is 18.6 Å². The molecule has 11 heteroatoms. The standard InChI is InChI=1S/C18H22F2N8O/c1-12-6-23-18(25-13-7-24-27(10-13)11-15(19)20)26-17(12)22-8-14-4-3-5-28(14)16(29)9-21-2/h6-7,10,14-15H,3-5,8-9,11H2,1H3,(H2,22,23,25,26)/t14-/m0/s1. The zero-order valence-electron chi connectivity index (χ0n) is 16.0. The van der Waals surface area contributed by atoms with Crippen molar-refractivity contribution in [3.63, 3.8) is 0 Å². The quantitative estimate of drug-likeness (QED) is 0.656. The van der Waals surface area contributed by atoms with Crippen molar-refractivity contribution >= 4 is 23.4 Å². The number of hydrogen-bond donors (Lipinski definition) is 2. The molecule has 1 atom stereocenters. The molecule has 0 radical (unpaired) electrons. The average Bonchev–Trinajstić information content (AvgIpc) is 3.31.